The molecule has 0 aromatic carbocycles. The number of piperazine rings is 1. The maximum atomic E-state index is 5.77. The van der Waals surface area contributed by atoms with Crippen LogP contribution in [0.1, 0.15) is 0 Å². The van der Waals surface area contributed by atoms with Gasteiger partial charge in [0.05, 0.1) is 3.57 Å². The first-order chi connectivity index (χ1) is 6.77. The molecule has 14 heavy (non-hydrogen) atoms. The van der Waals surface area contributed by atoms with Gasteiger partial charge in [0.25, 0.3) is 0 Å². The van der Waals surface area contributed by atoms with Crippen LogP contribution in [0, 0.1) is 3.57 Å². The fourth-order valence-electron chi connectivity index (χ4n) is 1.44. The van der Waals surface area contributed by atoms with Crippen molar-refractivity contribution in [3.63, 3.8) is 0 Å². The van der Waals surface area contributed by atoms with E-state index < -0.39 is 0 Å². The van der Waals surface area contributed by atoms with E-state index in [0.717, 1.165) is 35.6 Å². The van der Waals surface area contributed by atoms with E-state index in [1.165, 1.54) is 0 Å². The lowest BCUT2D eigenvalue weighted by Gasteiger charge is -2.28. The number of nitrogens with zero attached hydrogens (tertiary/aromatic N) is 3. The zero-order valence-electron chi connectivity index (χ0n) is 7.50. The van der Waals surface area contributed by atoms with Crippen molar-refractivity contribution in [1.29, 1.82) is 0 Å². The summed E-state index contributed by atoms with van der Waals surface area (Å²) in [5.41, 5.74) is 0. The first kappa shape index (κ1) is 10.4. The molecule has 6 heteroatoms. The number of halogens is 2. The van der Waals surface area contributed by atoms with Crippen molar-refractivity contribution < 1.29 is 0 Å². The summed E-state index contributed by atoms with van der Waals surface area (Å²) in [6.45, 7) is 3.95. The summed E-state index contributed by atoms with van der Waals surface area (Å²) < 4.78 is 1.05. The monoisotopic (exact) mass is 324 g/mol. The number of hydrogen-bond acceptors (Lipinski definition) is 4. The summed E-state index contributed by atoms with van der Waals surface area (Å²) in [5.74, 6) is 0.951. The molecule has 1 aromatic rings. The molecule has 1 saturated heterocycles. The lowest BCUT2D eigenvalue weighted by Crippen LogP contribution is -2.44. The van der Waals surface area contributed by atoms with Crippen LogP contribution in [-0.4, -0.2) is 36.1 Å². The minimum absolute atomic E-state index is 0.318. The Bertz CT molecular complexity index is 327. The van der Waals surface area contributed by atoms with Crippen molar-refractivity contribution >= 4 is 40.0 Å². The third-order valence-corrected chi connectivity index (χ3v) is 3.06. The van der Waals surface area contributed by atoms with Gasteiger partial charge in [-0.05, 0) is 34.2 Å². The van der Waals surface area contributed by atoms with Crippen molar-refractivity contribution in [3.8, 4) is 0 Å². The second-order valence-corrected chi connectivity index (χ2v) is 4.55. The minimum atomic E-state index is 0.318. The van der Waals surface area contributed by atoms with Gasteiger partial charge in [-0.3, -0.25) is 0 Å². The molecule has 0 saturated carbocycles. The second kappa shape index (κ2) is 4.59. The Morgan fingerprint density at radius 1 is 1.43 bits per heavy atom. The lowest BCUT2D eigenvalue weighted by molar-refractivity contribution is 0.583. The Morgan fingerprint density at radius 2 is 2.14 bits per heavy atom. The molecule has 2 heterocycles. The van der Waals surface area contributed by atoms with E-state index >= 15 is 0 Å². The average Bonchev–Trinajstić information content (AvgIpc) is 2.23. The van der Waals surface area contributed by atoms with Gasteiger partial charge in [0.15, 0.2) is 0 Å². The smallest absolute Gasteiger partial charge is 0.224 e. The molecule has 1 aliphatic rings. The minimum Gasteiger partial charge on any atom is -0.353 e. The molecule has 0 atom stereocenters. The molecule has 0 unspecified atom stereocenters. The summed E-state index contributed by atoms with van der Waals surface area (Å²) in [6.07, 6.45) is 1.76. The fraction of sp³-hybridized carbons (Fsp3) is 0.500. The molecule has 0 bridgehead atoms. The number of hydrogen-bond donors (Lipinski definition) is 1. The van der Waals surface area contributed by atoms with Crippen LogP contribution in [-0.2, 0) is 0 Å². The SMILES string of the molecule is Clc1ncc(I)c(N2CCNCC2)n1. The normalized spacial score (nSPS) is 17.1. The molecule has 4 nitrogen and oxygen atoms in total. The van der Waals surface area contributed by atoms with E-state index in [1.54, 1.807) is 6.20 Å². The Hall–Kier alpha value is -0.140. The number of rotatable bonds is 1. The summed E-state index contributed by atoms with van der Waals surface area (Å²) in [6, 6.07) is 0. The summed E-state index contributed by atoms with van der Waals surface area (Å²) in [7, 11) is 0. The average molecular weight is 325 g/mol. The zero-order chi connectivity index (χ0) is 9.97. The molecule has 1 aliphatic heterocycles. The van der Waals surface area contributed by atoms with Gasteiger partial charge in [0.1, 0.15) is 5.82 Å². The molecule has 0 spiro atoms. The highest BCUT2D eigenvalue weighted by atomic mass is 127. The first-order valence-corrected chi connectivity index (χ1v) is 5.87. The third-order valence-electron chi connectivity index (χ3n) is 2.11. The van der Waals surface area contributed by atoms with Crippen molar-refractivity contribution in [2.24, 2.45) is 0 Å². The van der Waals surface area contributed by atoms with Crippen molar-refractivity contribution in [2.45, 2.75) is 0 Å². The largest absolute Gasteiger partial charge is 0.353 e. The van der Waals surface area contributed by atoms with Crippen LogP contribution >= 0.6 is 34.2 Å². The highest BCUT2D eigenvalue weighted by molar-refractivity contribution is 14.1. The molecule has 0 amide bonds. The number of anilines is 1. The first-order valence-electron chi connectivity index (χ1n) is 4.41. The molecule has 0 aliphatic carbocycles. The third kappa shape index (κ3) is 2.26. The zero-order valence-corrected chi connectivity index (χ0v) is 10.4. The Kier molecular flexibility index (Phi) is 3.40. The highest BCUT2D eigenvalue weighted by Crippen LogP contribution is 2.20. The van der Waals surface area contributed by atoms with E-state index in [4.69, 9.17) is 11.6 Å². The van der Waals surface area contributed by atoms with Gasteiger partial charge >= 0.3 is 0 Å². The highest BCUT2D eigenvalue weighted by Gasteiger charge is 2.15. The maximum Gasteiger partial charge on any atom is 0.224 e. The summed E-state index contributed by atoms with van der Waals surface area (Å²) in [4.78, 5) is 10.4. The molecule has 76 valence electrons. The van der Waals surface area contributed by atoms with E-state index in [-0.39, 0.29) is 0 Å². The fourth-order valence-corrected chi connectivity index (χ4v) is 2.17. The quantitative estimate of drug-likeness (QED) is 0.621. The standard InChI is InChI=1S/C8H10ClIN4/c9-8-12-5-6(10)7(13-8)14-3-1-11-2-4-14/h5,11H,1-4H2. The van der Waals surface area contributed by atoms with Gasteiger partial charge in [-0.15, -0.1) is 0 Å². The van der Waals surface area contributed by atoms with Crippen LogP contribution in [0.25, 0.3) is 0 Å². The van der Waals surface area contributed by atoms with Crippen LogP contribution in [0.3, 0.4) is 0 Å². The van der Waals surface area contributed by atoms with Crippen LogP contribution in [0.2, 0.25) is 5.28 Å². The second-order valence-electron chi connectivity index (χ2n) is 3.05. The van der Waals surface area contributed by atoms with Gasteiger partial charge in [-0.2, -0.15) is 4.98 Å². The van der Waals surface area contributed by atoms with Crippen molar-refractivity contribution in [3.05, 3.63) is 15.1 Å². The van der Waals surface area contributed by atoms with Crippen LogP contribution in [0.15, 0.2) is 6.20 Å². The maximum absolute atomic E-state index is 5.77. The number of aromatic nitrogens is 2. The van der Waals surface area contributed by atoms with Crippen LogP contribution in [0.4, 0.5) is 5.82 Å². The Balaban J connectivity index is 2.24. The molecular weight excluding hydrogens is 314 g/mol. The lowest BCUT2D eigenvalue weighted by atomic mass is 10.3. The predicted molar refractivity (Wildman–Crippen MR) is 64.8 cm³/mol. The van der Waals surface area contributed by atoms with E-state index in [0.29, 0.717) is 5.28 Å². The van der Waals surface area contributed by atoms with Crippen molar-refractivity contribution in [1.82, 2.24) is 15.3 Å². The number of nitrogens with one attached hydrogen (secondary N) is 1. The van der Waals surface area contributed by atoms with Gasteiger partial charge < -0.3 is 10.2 Å². The predicted octanol–water partition coefficient (Wildman–Crippen LogP) is 1.14. The van der Waals surface area contributed by atoms with Gasteiger partial charge in [-0.25, -0.2) is 4.98 Å². The molecule has 2 rings (SSSR count). The van der Waals surface area contributed by atoms with Gasteiger partial charge in [0.2, 0.25) is 5.28 Å². The molecule has 0 radical (unpaired) electrons. The summed E-state index contributed by atoms with van der Waals surface area (Å²) in [5, 5.41) is 3.62. The molecular formula is C8H10ClIN4. The van der Waals surface area contributed by atoms with E-state index in [1.807, 2.05) is 0 Å². The van der Waals surface area contributed by atoms with Gasteiger partial charge in [-0.1, -0.05) is 0 Å². The molecule has 1 N–H and O–H groups in total. The van der Waals surface area contributed by atoms with Crippen LogP contribution in [0.5, 0.6) is 0 Å². The van der Waals surface area contributed by atoms with E-state index in [9.17, 15) is 0 Å². The summed E-state index contributed by atoms with van der Waals surface area (Å²) >= 11 is 8.00. The van der Waals surface area contributed by atoms with Crippen LogP contribution < -0.4 is 10.2 Å². The van der Waals surface area contributed by atoms with Gasteiger partial charge in [0, 0.05) is 32.4 Å². The molecule has 1 fully saturated rings. The molecule has 1 aromatic heterocycles. The van der Waals surface area contributed by atoms with Crippen molar-refractivity contribution in [2.75, 3.05) is 31.1 Å². The Morgan fingerprint density at radius 3 is 2.86 bits per heavy atom. The van der Waals surface area contributed by atoms with E-state index in [2.05, 4.69) is 42.8 Å². The topological polar surface area (TPSA) is 41.1 Å². The Labute approximate surface area is 101 Å².